The monoisotopic (exact) mass is 293 g/mol. The number of thiophene rings is 1. The van der Waals surface area contributed by atoms with Gasteiger partial charge in [-0.25, -0.2) is 4.98 Å². The summed E-state index contributed by atoms with van der Waals surface area (Å²) in [6.07, 6.45) is 0. The molecule has 3 N–H and O–H groups in total. The molecule has 0 aliphatic heterocycles. The molecule has 0 spiro atoms. The first-order chi connectivity index (χ1) is 5.66. The summed E-state index contributed by atoms with van der Waals surface area (Å²) >= 11 is 3.60. The van der Waals surface area contributed by atoms with Crippen molar-refractivity contribution in [3.63, 3.8) is 0 Å². The van der Waals surface area contributed by atoms with E-state index < -0.39 is 0 Å². The van der Waals surface area contributed by atoms with Crippen molar-refractivity contribution in [3.05, 3.63) is 8.95 Å². The molecule has 0 bridgehead atoms. The Morgan fingerprint density at radius 3 is 3.00 bits per heavy atom. The van der Waals surface area contributed by atoms with Gasteiger partial charge in [0.1, 0.15) is 4.70 Å². The molecule has 0 amide bonds. The summed E-state index contributed by atoms with van der Waals surface area (Å²) < 4.78 is 1.74. The summed E-state index contributed by atoms with van der Waals surface area (Å²) in [7, 11) is 0. The second kappa shape index (κ2) is 2.70. The zero-order chi connectivity index (χ0) is 8.72. The van der Waals surface area contributed by atoms with Crippen LogP contribution in [-0.2, 0) is 0 Å². The minimum absolute atomic E-state index is 0.0367. The number of aromatic nitrogens is 2. The first kappa shape index (κ1) is 7.99. The topological polar surface area (TPSA) is 72.0 Å². The molecular weight excluding hydrogens is 289 g/mol. The van der Waals surface area contributed by atoms with Crippen molar-refractivity contribution in [1.29, 1.82) is 0 Å². The van der Waals surface area contributed by atoms with Crippen molar-refractivity contribution < 1.29 is 5.11 Å². The highest BCUT2D eigenvalue weighted by molar-refractivity contribution is 14.1. The lowest BCUT2D eigenvalue weighted by Gasteiger charge is -1.93. The van der Waals surface area contributed by atoms with Crippen LogP contribution >= 0.6 is 33.9 Å². The van der Waals surface area contributed by atoms with Crippen LogP contribution in [0.2, 0.25) is 0 Å². The highest BCUT2D eigenvalue weighted by Crippen LogP contribution is 2.31. The molecule has 6 heteroatoms. The van der Waals surface area contributed by atoms with Crippen molar-refractivity contribution in [1.82, 2.24) is 9.97 Å². The molecule has 62 valence electrons. The van der Waals surface area contributed by atoms with Crippen molar-refractivity contribution >= 4 is 50.1 Å². The molecular formula is C6H4IN3OS. The van der Waals surface area contributed by atoms with Crippen LogP contribution in [0.15, 0.2) is 6.07 Å². The molecule has 0 aliphatic carbocycles. The summed E-state index contributed by atoms with van der Waals surface area (Å²) in [5, 5.41) is 9.34. The number of hydrogen-bond donors (Lipinski definition) is 2. The first-order valence-corrected chi connectivity index (χ1v) is 4.98. The minimum atomic E-state index is -0.0367. The summed E-state index contributed by atoms with van der Waals surface area (Å²) in [4.78, 5) is 7.61. The largest absolute Gasteiger partial charge is 0.492 e. The van der Waals surface area contributed by atoms with E-state index in [2.05, 4.69) is 32.6 Å². The number of nitrogens with zero attached hydrogens (tertiary/aromatic N) is 2. The van der Waals surface area contributed by atoms with E-state index in [1.54, 1.807) is 0 Å². The Bertz CT molecular complexity index is 442. The van der Waals surface area contributed by atoms with Gasteiger partial charge in [-0.1, -0.05) is 0 Å². The Labute approximate surface area is 85.6 Å². The Hall–Kier alpha value is -0.630. The van der Waals surface area contributed by atoms with Gasteiger partial charge in [0.05, 0.1) is 8.40 Å². The summed E-state index contributed by atoms with van der Waals surface area (Å²) in [6.45, 7) is 0. The lowest BCUT2D eigenvalue weighted by Crippen LogP contribution is -1.92. The maximum Gasteiger partial charge on any atom is 0.234 e. The molecule has 2 heterocycles. The Morgan fingerprint density at radius 1 is 1.50 bits per heavy atom. The Kier molecular flexibility index (Phi) is 1.80. The van der Waals surface area contributed by atoms with Crippen molar-refractivity contribution in [2.75, 3.05) is 5.73 Å². The fourth-order valence-electron chi connectivity index (χ4n) is 0.903. The fourth-order valence-corrected chi connectivity index (χ4v) is 2.57. The van der Waals surface area contributed by atoms with E-state index in [4.69, 9.17) is 5.73 Å². The molecule has 0 unspecified atom stereocenters. The fraction of sp³-hybridized carbons (Fsp3) is 0. The van der Waals surface area contributed by atoms with Gasteiger partial charge in [-0.2, -0.15) is 4.98 Å². The number of anilines is 1. The summed E-state index contributed by atoms with van der Waals surface area (Å²) in [6, 6.07) is 1.86. The molecule has 0 aromatic carbocycles. The number of fused-ring (bicyclic) bond motifs is 1. The predicted octanol–water partition coefficient (Wildman–Crippen LogP) is 1.58. The quantitative estimate of drug-likeness (QED) is 0.723. The van der Waals surface area contributed by atoms with E-state index >= 15 is 0 Å². The predicted molar refractivity (Wildman–Crippen MR) is 56.2 cm³/mol. The molecule has 0 fully saturated rings. The van der Waals surface area contributed by atoms with Gasteiger partial charge < -0.3 is 10.8 Å². The minimum Gasteiger partial charge on any atom is -0.492 e. The standard InChI is InChI=1S/C6H4IN3OS/c7-3-1-2-4(12-3)5(11)10-6(8)9-2/h1H,(H3,8,9,10,11). The SMILES string of the molecule is Nc1nc(O)c2sc(I)cc2n1. The van der Waals surface area contributed by atoms with Crippen LogP contribution in [-0.4, -0.2) is 15.1 Å². The number of rotatable bonds is 0. The lowest BCUT2D eigenvalue weighted by atomic mass is 10.5. The number of nitrogens with two attached hydrogens (primary N) is 1. The lowest BCUT2D eigenvalue weighted by molar-refractivity contribution is 0.461. The smallest absolute Gasteiger partial charge is 0.234 e. The third-order valence-electron chi connectivity index (χ3n) is 1.34. The molecule has 2 aromatic heterocycles. The number of aromatic hydroxyl groups is 1. The van der Waals surface area contributed by atoms with E-state index in [1.165, 1.54) is 11.3 Å². The molecule has 0 radical (unpaired) electrons. The third kappa shape index (κ3) is 1.20. The molecule has 4 nitrogen and oxygen atoms in total. The second-order valence-electron chi connectivity index (χ2n) is 2.17. The Balaban J connectivity index is 2.88. The highest BCUT2D eigenvalue weighted by Gasteiger charge is 2.07. The summed E-state index contributed by atoms with van der Waals surface area (Å²) in [5.41, 5.74) is 6.06. The van der Waals surface area contributed by atoms with Gasteiger partial charge in [-0.05, 0) is 28.7 Å². The van der Waals surface area contributed by atoms with E-state index in [-0.39, 0.29) is 11.8 Å². The number of nitrogen functional groups attached to an aromatic ring is 1. The van der Waals surface area contributed by atoms with Crippen LogP contribution in [0.4, 0.5) is 5.95 Å². The van der Waals surface area contributed by atoms with Gasteiger partial charge in [0.15, 0.2) is 0 Å². The van der Waals surface area contributed by atoms with Crippen LogP contribution in [0, 0.1) is 2.88 Å². The van der Waals surface area contributed by atoms with Crippen LogP contribution in [0.1, 0.15) is 0 Å². The van der Waals surface area contributed by atoms with Gasteiger partial charge in [0.25, 0.3) is 0 Å². The first-order valence-electron chi connectivity index (χ1n) is 3.08. The van der Waals surface area contributed by atoms with Crippen molar-refractivity contribution in [2.45, 2.75) is 0 Å². The van der Waals surface area contributed by atoms with Crippen LogP contribution in [0.25, 0.3) is 10.2 Å². The zero-order valence-corrected chi connectivity index (χ0v) is 8.76. The normalized spacial score (nSPS) is 10.8. The molecule has 0 atom stereocenters. The van der Waals surface area contributed by atoms with Crippen LogP contribution < -0.4 is 5.73 Å². The second-order valence-corrected chi connectivity index (χ2v) is 5.12. The van der Waals surface area contributed by atoms with E-state index in [0.717, 1.165) is 2.88 Å². The van der Waals surface area contributed by atoms with Crippen molar-refractivity contribution in [2.24, 2.45) is 0 Å². The van der Waals surface area contributed by atoms with Crippen LogP contribution in [0.5, 0.6) is 5.88 Å². The van der Waals surface area contributed by atoms with Gasteiger partial charge >= 0.3 is 0 Å². The summed E-state index contributed by atoms with van der Waals surface area (Å²) in [5.74, 6) is 0.0691. The van der Waals surface area contributed by atoms with Crippen molar-refractivity contribution in [3.8, 4) is 5.88 Å². The molecule has 2 rings (SSSR count). The molecule has 0 aliphatic rings. The van der Waals surface area contributed by atoms with Gasteiger partial charge in [0.2, 0.25) is 11.8 Å². The molecule has 2 aromatic rings. The Morgan fingerprint density at radius 2 is 2.25 bits per heavy atom. The highest BCUT2D eigenvalue weighted by atomic mass is 127. The van der Waals surface area contributed by atoms with Crippen LogP contribution in [0.3, 0.4) is 0 Å². The number of halogens is 1. The average molecular weight is 293 g/mol. The van der Waals surface area contributed by atoms with E-state index in [1.807, 2.05) is 6.07 Å². The number of hydrogen-bond acceptors (Lipinski definition) is 5. The van der Waals surface area contributed by atoms with Gasteiger partial charge in [-0.3, -0.25) is 0 Å². The maximum atomic E-state index is 9.34. The van der Waals surface area contributed by atoms with Gasteiger partial charge in [-0.15, -0.1) is 11.3 Å². The van der Waals surface area contributed by atoms with E-state index in [0.29, 0.717) is 10.2 Å². The maximum absolute atomic E-state index is 9.34. The third-order valence-corrected chi connectivity index (χ3v) is 3.22. The van der Waals surface area contributed by atoms with E-state index in [9.17, 15) is 5.11 Å². The zero-order valence-electron chi connectivity index (χ0n) is 5.78. The molecule has 0 saturated heterocycles. The average Bonchev–Trinajstić information content (AvgIpc) is 2.29. The molecule has 0 saturated carbocycles. The van der Waals surface area contributed by atoms with Gasteiger partial charge in [0, 0.05) is 0 Å². The molecule has 12 heavy (non-hydrogen) atoms.